The van der Waals surface area contributed by atoms with Gasteiger partial charge in [-0.15, -0.1) is 0 Å². The van der Waals surface area contributed by atoms with Crippen LogP contribution in [0.4, 0.5) is 5.69 Å². The summed E-state index contributed by atoms with van der Waals surface area (Å²) in [6.45, 7) is 7.55. The van der Waals surface area contributed by atoms with Crippen molar-refractivity contribution in [3.8, 4) is 27.9 Å². The first-order chi connectivity index (χ1) is 21.3. The van der Waals surface area contributed by atoms with Gasteiger partial charge in [-0.1, -0.05) is 78.9 Å². The van der Waals surface area contributed by atoms with Crippen LogP contribution in [0.1, 0.15) is 11.1 Å². The van der Waals surface area contributed by atoms with Gasteiger partial charge in [0.1, 0.15) is 11.2 Å². The molecule has 0 spiro atoms. The Labute approximate surface area is 252 Å². The minimum Gasteiger partial charge on any atom is -0.455 e. The monoisotopic (exact) mass is 568 g/mol. The fourth-order valence-corrected chi connectivity index (χ4v) is 7.80. The third-order valence-electron chi connectivity index (χ3n) is 8.77. The van der Waals surface area contributed by atoms with E-state index < -0.39 is 0 Å². The maximum absolute atomic E-state index is 7.55. The summed E-state index contributed by atoms with van der Waals surface area (Å²) in [7, 11) is 0. The van der Waals surface area contributed by atoms with Crippen molar-refractivity contribution in [3.63, 3.8) is 0 Å². The highest BCUT2D eigenvalue weighted by Gasteiger charge is 2.20. The van der Waals surface area contributed by atoms with Gasteiger partial charge < -0.3 is 8.98 Å². The summed E-state index contributed by atoms with van der Waals surface area (Å²) >= 11 is 1.97. The number of hydrogen-bond donors (Lipinski definition) is 0. The molecule has 0 bridgehead atoms. The molecule has 4 heteroatoms. The number of thioether (sulfide) groups is 1. The molecule has 6 aromatic carbocycles. The van der Waals surface area contributed by atoms with Crippen LogP contribution in [0.2, 0.25) is 0 Å². The first-order valence-corrected chi connectivity index (χ1v) is 15.6. The number of aromatic nitrogens is 1. The van der Waals surface area contributed by atoms with Crippen molar-refractivity contribution in [1.29, 1.82) is 0 Å². The first kappa shape index (κ1) is 24.4. The third kappa shape index (κ3) is 3.69. The average molecular weight is 569 g/mol. The fourth-order valence-electron chi connectivity index (χ4n) is 6.75. The van der Waals surface area contributed by atoms with Gasteiger partial charge in [-0.25, -0.2) is 4.85 Å². The number of benzene rings is 6. The summed E-state index contributed by atoms with van der Waals surface area (Å²) in [6, 6.07) is 43.1. The van der Waals surface area contributed by atoms with Gasteiger partial charge >= 0.3 is 0 Å². The molecule has 0 N–H and O–H groups in total. The second kappa shape index (κ2) is 9.39. The standard InChI is InChI=1S/C39H24N2OS/c1-40-27-16-18-37-35(20-27)30-7-2-4-11-36(30)41(37)28-17-15-26-23-43-22-25-14-13-24(19-33(25)34(26)21-28)29-9-6-10-32-31-8-3-5-12-38(31)42-39(29)32/h2-21H,22-23H2. The third-order valence-corrected chi connectivity index (χ3v) is 9.80. The summed E-state index contributed by atoms with van der Waals surface area (Å²) in [5, 5.41) is 4.57. The quantitative estimate of drug-likeness (QED) is 0.194. The molecule has 1 aliphatic heterocycles. The van der Waals surface area contributed by atoms with Crippen molar-refractivity contribution in [2.75, 3.05) is 0 Å². The van der Waals surface area contributed by atoms with Crippen LogP contribution in [0.25, 0.3) is 76.5 Å². The molecule has 9 rings (SSSR count). The van der Waals surface area contributed by atoms with Crippen molar-refractivity contribution in [2.24, 2.45) is 0 Å². The van der Waals surface area contributed by atoms with E-state index in [4.69, 9.17) is 11.0 Å². The molecule has 0 radical (unpaired) electrons. The maximum Gasteiger partial charge on any atom is 0.188 e. The fraction of sp³-hybridized carbons (Fsp3) is 0.0513. The summed E-state index contributed by atoms with van der Waals surface area (Å²) in [6.07, 6.45) is 0. The molecular formula is C39H24N2OS. The molecule has 2 aromatic heterocycles. The van der Waals surface area contributed by atoms with Gasteiger partial charge in [0, 0.05) is 38.9 Å². The number of rotatable bonds is 2. The van der Waals surface area contributed by atoms with E-state index in [2.05, 4.69) is 106 Å². The zero-order chi connectivity index (χ0) is 28.5. The van der Waals surface area contributed by atoms with Crippen molar-refractivity contribution < 1.29 is 4.42 Å². The number of fused-ring (bicyclic) bond motifs is 9. The van der Waals surface area contributed by atoms with Crippen LogP contribution in [0.5, 0.6) is 0 Å². The normalized spacial score (nSPS) is 12.8. The lowest BCUT2D eigenvalue weighted by molar-refractivity contribution is 0.670. The lowest BCUT2D eigenvalue weighted by Gasteiger charge is -2.15. The Morgan fingerprint density at radius 3 is 2.23 bits per heavy atom. The topological polar surface area (TPSA) is 22.4 Å². The molecule has 202 valence electrons. The first-order valence-electron chi connectivity index (χ1n) is 14.4. The Balaban J connectivity index is 1.26. The molecule has 0 unspecified atom stereocenters. The van der Waals surface area contributed by atoms with E-state index in [9.17, 15) is 0 Å². The van der Waals surface area contributed by atoms with Crippen LogP contribution < -0.4 is 0 Å². The molecule has 0 amide bonds. The molecule has 0 aliphatic carbocycles. The van der Waals surface area contributed by atoms with E-state index in [1.54, 1.807) is 0 Å². The average Bonchev–Trinajstić information content (AvgIpc) is 3.54. The van der Waals surface area contributed by atoms with Crippen molar-refractivity contribution in [1.82, 2.24) is 4.57 Å². The minimum absolute atomic E-state index is 0.662. The molecule has 0 saturated heterocycles. The van der Waals surface area contributed by atoms with E-state index in [0.717, 1.165) is 72.1 Å². The van der Waals surface area contributed by atoms with E-state index in [1.807, 2.05) is 36.0 Å². The van der Waals surface area contributed by atoms with Gasteiger partial charge in [-0.05, 0) is 75.7 Å². The highest BCUT2D eigenvalue weighted by Crippen LogP contribution is 2.43. The van der Waals surface area contributed by atoms with Gasteiger partial charge in [0.05, 0.1) is 17.6 Å². The Kier molecular flexibility index (Phi) is 5.32. The SMILES string of the molecule is [C-]#[N+]c1ccc2c(c1)c1ccccc1n2-c1ccc2c(c1)-c1cc(-c3cccc4c3oc3ccccc34)ccc1CSC2. The summed E-state index contributed by atoms with van der Waals surface area (Å²) < 4.78 is 8.76. The van der Waals surface area contributed by atoms with Crippen LogP contribution in [0.3, 0.4) is 0 Å². The van der Waals surface area contributed by atoms with Gasteiger partial charge in [0.15, 0.2) is 5.69 Å². The number of furan rings is 1. The molecule has 0 saturated carbocycles. The van der Waals surface area contributed by atoms with Gasteiger partial charge in [-0.3, -0.25) is 0 Å². The van der Waals surface area contributed by atoms with E-state index in [0.29, 0.717) is 5.69 Å². The Bertz CT molecular complexity index is 2460. The van der Waals surface area contributed by atoms with E-state index in [1.165, 1.54) is 22.3 Å². The van der Waals surface area contributed by atoms with Gasteiger partial charge in [0.25, 0.3) is 0 Å². The Hall–Kier alpha value is -5.24. The van der Waals surface area contributed by atoms with Crippen LogP contribution in [0, 0.1) is 6.57 Å². The molecule has 8 aromatic rings. The van der Waals surface area contributed by atoms with Crippen LogP contribution in [-0.4, -0.2) is 4.57 Å². The van der Waals surface area contributed by atoms with E-state index in [-0.39, 0.29) is 0 Å². The lowest BCUT2D eigenvalue weighted by Crippen LogP contribution is -1.97. The van der Waals surface area contributed by atoms with Crippen LogP contribution in [-0.2, 0) is 11.5 Å². The highest BCUT2D eigenvalue weighted by molar-refractivity contribution is 7.97. The zero-order valence-corrected chi connectivity index (χ0v) is 24.0. The Morgan fingerprint density at radius 1 is 0.605 bits per heavy atom. The largest absolute Gasteiger partial charge is 0.455 e. The minimum atomic E-state index is 0.662. The van der Waals surface area contributed by atoms with E-state index >= 15 is 0 Å². The van der Waals surface area contributed by atoms with Crippen molar-refractivity contribution in [2.45, 2.75) is 11.5 Å². The van der Waals surface area contributed by atoms with Crippen LogP contribution >= 0.6 is 11.8 Å². The summed E-state index contributed by atoms with van der Waals surface area (Å²) in [5.41, 5.74) is 13.4. The molecule has 0 atom stereocenters. The maximum atomic E-state index is 7.55. The smallest absolute Gasteiger partial charge is 0.188 e. The van der Waals surface area contributed by atoms with Gasteiger partial charge in [0.2, 0.25) is 0 Å². The molecular weight excluding hydrogens is 545 g/mol. The molecule has 43 heavy (non-hydrogen) atoms. The number of hydrogen-bond acceptors (Lipinski definition) is 2. The highest BCUT2D eigenvalue weighted by atomic mass is 32.2. The molecule has 3 nitrogen and oxygen atoms in total. The zero-order valence-electron chi connectivity index (χ0n) is 23.2. The van der Waals surface area contributed by atoms with Gasteiger partial charge in [-0.2, -0.15) is 11.8 Å². The molecule has 1 aliphatic rings. The number of nitrogens with zero attached hydrogens (tertiary/aromatic N) is 2. The summed E-state index contributed by atoms with van der Waals surface area (Å²) in [4.78, 5) is 3.70. The lowest BCUT2D eigenvalue weighted by atomic mass is 9.92. The summed E-state index contributed by atoms with van der Waals surface area (Å²) in [5.74, 6) is 1.95. The van der Waals surface area contributed by atoms with Crippen molar-refractivity contribution >= 4 is 61.2 Å². The van der Waals surface area contributed by atoms with Crippen LogP contribution in [0.15, 0.2) is 126 Å². The molecule has 3 heterocycles. The predicted molar refractivity (Wildman–Crippen MR) is 180 cm³/mol. The number of para-hydroxylation sites is 3. The van der Waals surface area contributed by atoms with Crippen molar-refractivity contribution in [3.05, 3.63) is 144 Å². The Morgan fingerprint density at radius 2 is 1.35 bits per heavy atom. The predicted octanol–water partition coefficient (Wildman–Crippen LogP) is 11.3. The second-order valence-electron chi connectivity index (χ2n) is 11.2. The molecule has 0 fully saturated rings. The second-order valence-corrected chi connectivity index (χ2v) is 12.1.